The number of aliphatic hydroxyl groups excluding tert-OH is 1. The molecule has 1 aliphatic heterocycles. The van der Waals surface area contributed by atoms with E-state index in [9.17, 15) is 23.5 Å². The predicted molar refractivity (Wildman–Crippen MR) is 116 cm³/mol. The number of ketones is 2. The highest BCUT2D eigenvalue weighted by molar-refractivity contribution is 9.10. The van der Waals surface area contributed by atoms with Crippen LogP contribution in [0, 0.1) is 22.7 Å². The van der Waals surface area contributed by atoms with Crippen molar-refractivity contribution in [3.05, 3.63) is 23.8 Å². The molecule has 5 aliphatic rings. The Hall–Kier alpha value is -1.03. The molecule has 3 saturated carbocycles. The van der Waals surface area contributed by atoms with E-state index in [4.69, 9.17) is 9.47 Å². The van der Waals surface area contributed by atoms with Gasteiger partial charge in [-0.25, -0.2) is 13.2 Å². The summed E-state index contributed by atoms with van der Waals surface area (Å²) in [5.74, 6) is -3.87. The van der Waals surface area contributed by atoms with Crippen molar-refractivity contribution in [3.8, 4) is 0 Å². The van der Waals surface area contributed by atoms with Crippen LogP contribution in [0.15, 0.2) is 23.8 Å². The van der Waals surface area contributed by atoms with Crippen LogP contribution in [0.2, 0.25) is 0 Å². The molecule has 0 amide bonds. The Morgan fingerprint density at radius 2 is 1.88 bits per heavy atom. The molecule has 1 heterocycles. The van der Waals surface area contributed by atoms with E-state index >= 15 is 4.39 Å². The van der Waals surface area contributed by atoms with Crippen molar-refractivity contribution >= 4 is 27.5 Å². The van der Waals surface area contributed by atoms with Crippen molar-refractivity contribution in [2.24, 2.45) is 22.7 Å². The minimum absolute atomic E-state index is 0.0137. The number of carbonyl (C=O) groups is 2. The number of hydrogen-bond acceptors (Lipinski definition) is 5. The van der Waals surface area contributed by atoms with Crippen molar-refractivity contribution < 1.29 is 37.3 Å². The zero-order chi connectivity index (χ0) is 24.4. The van der Waals surface area contributed by atoms with Crippen molar-refractivity contribution in [1.29, 1.82) is 0 Å². The monoisotopic (exact) mass is 532 g/mol. The zero-order valence-corrected chi connectivity index (χ0v) is 20.5. The minimum atomic E-state index is -3.27. The molecule has 0 aromatic carbocycles. The average Bonchev–Trinajstić information content (AvgIpc) is 3.11. The maximum absolute atomic E-state index is 15.6. The fraction of sp³-hybridized carbons (Fsp3) is 0.750. The molecule has 4 aliphatic carbocycles. The second-order valence-corrected chi connectivity index (χ2v) is 12.4. The van der Waals surface area contributed by atoms with Gasteiger partial charge in [0.1, 0.15) is 6.17 Å². The van der Waals surface area contributed by atoms with E-state index in [1.54, 1.807) is 33.8 Å². The summed E-state index contributed by atoms with van der Waals surface area (Å²) in [5.41, 5.74) is -3.85. The number of allylic oxidation sites excluding steroid dienone is 4. The standard InChI is InChI=1S/C24H28BrF3O5/c1-20(2)32-17-9-12-13-8-15(26)14-7-11(29)5-6-21(14,3)23(13,25)16(30)10-22(12,4)24(17,33-20)18(31)19(27)28/h5-7,12-13,15-17,19,30H,8-10H2,1-4H3/t12-,13-,15-,16-,17+,21-,22-,23-,24-/m0/s1. The molecule has 4 fully saturated rings. The van der Waals surface area contributed by atoms with Crippen LogP contribution in [-0.2, 0) is 19.1 Å². The Bertz CT molecular complexity index is 997. The summed E-state index contributed by atoms with van der Waals surface area (Å²) in [6.45, 7) is 6.64. The lowest BCUT2D eigenvalue weighted by atomic mass is 9.45. The third kappa shape index (κ3) is 2.65. The number of carbonyl (C=O) groups excluding carboxylic acids is 2. The van der Waals surface area contributed by atoms with Crippen molar-refractivity contribution in [2.75, 3.05) is 0 Å². The topological polar surface area (TPSA) is 72.8 Å². The van der Waals surface area contributed by atoms with Gasteiger partial charge in [0.25, 0.3) is 6.43 Å². The van der Waals surface area contributed by atoms with Crippen LogP contribution in [0.4, 0.5) is 13.2 Å². The van der Waals surface area contributed by atoms with E-state index in [1.165, 1.54) is 12.2 Å². The highest BCUT2D eigenvalue weighted by atomic mass is 79.9. The van der Waals surface area contributed by atoms with Crippen LogP contribution >= 0.6 is 15.9 Å². The first kappa shape index (κ1) is 23.7. The summed E-state index contributed by atoms with van der Waals surface area (Å²) in [6, 6.07) is 0. The van der Waals surface area contributed by atoms with Gasteiger partial charge < -0.3 is 14.6 Å². The van der Waals surface area contributed by atoms with Gasteiger partial charge in [-0.1, -0.05) is 35.9 Å². The van der Waals surface area contributed by atoms with E-state index in [0.717, 1.165) is 0 Å². The Kier molecular flexibility index (Phi) is 4.88. The molecule has 0 aromatic heterocycles. The van der Waals surface area contributed by atoms with E-state index in [-0.39, 0.29) is 25.0 Å². The number of aliphatic hydroxyl groups is 1. The number of halogens is 4. The number of rotatable bonds is 2. The summed E-state index contributed by atoms with van der Waals surface area (Å²) >= 11 is 3.80. The fourth-order valence-electron chi connectivity index (χ4n) is 7.90. The lowest BCUT2D eigenvalue weighted by Crippen LogP contribution is -2.70. The second-order valence-electron chi connectivity index (χ2n) is 11.1. The lowest BCUT2D eigenvalue weighted by Gasteiger charge is -2.64. The van der Waals surface area contributed by atoms with Crippen molar-refractivity contribution in [3.63, 3.8) is 0 Å². The Morgan fingerprint density at radius 3 is 2.52 bits per heavy atom. The van der Waals surface area contributed by atoms with Gasteiger partial charge in [-0.05, 0) is 62.7 Å². The molecule has 1 saturated heterocycles. The number of fused-ring (bicyclic) bond motifs is 7. The van der Waals surface area contributed by atoms with E-state index in [0.29, 0.717) is 5.57 Å². The maximum Gasteiger partial charge on any atom is 0.299 e. The number of alkyl halides is 4. The summed E-state index contributed by atoms with van der Waals surface area (Å²) in [7, 11) is 0. The van der Waals surface area contributed by atoms with Crippen LogP contribution in [-0.4, -0.2) is 57.2 Å². The zero-order valence-electron chi connectivity index (χ0n) is 18.9. The molecule has 0 spiro atoms. The van der Waals surface area contributed by atoms with Crippen LogP contribution in [0.3, 0.4) is 0 Å². The van der Waals surface area contributed by atoms with Gasteiger partial charge in [-0.15, -0.1) is 0 Å². The van der Waals surface area contributed by atoms with Gasteiger partial charge in [-0.3, -0.25) is 9.59 Å². The average molecular weight is 533 g/mol. The molecule has 5 nitrogen and oxygen atoms in total. The lowest BCUT2D eigenvalue weighted by molar-refractivity contribution is -0.225. The molecule has 0 bridgehead atoms. The smallest absolute Gasteiger partial charge is 0.299 e. The van der Waals surface area contributed by atoms with Crippen LogP contribution in [0.25, 0.3) is 0 Å². The summed E-state index contributed by atoms with van der Waals surface area (Å²) in [6.07, 6.45) is -2.28. The summed E-state index contributed by atoms with van der Waals surface area (Å²) in [4.78, 5) is 25.1. The van der Waals surface area contributed by atoms with Gasteiger partial charge in [0.2, 0.25) is 5.78 Å². The summed E-state index contributed by atoms with van der Waals surface area (Å²) in [5, 5.41) is 11.6. The first-order valence-corrected chi connectivity index (χ1v) is 12.1. The van der Waals surface area contributed by atoms with Crippen LogP contribution in [0.5, 0.6) is 0 Å². The van der Waals surface area contributed by atoms with Gasteiger partial charge in [0.15, 0.2) is 17.2 Å². The molecule has 1 N–H and O–H groups in total. The quantitative estimate of drug-likeness (QED) is 0.543. The molecule has 9 atom stereocenters. The normalized spacial score (nSPS) is 52.1. The molecular formula is C24H28BrF3O5. The SMILES string of the molecule is CC1(C)O[C@@H]2C[C@H]3[C@@H]4C[C@H](F)C5=CC(=O)C=C[C@]5(C)[C@@]4(Br)[C@@H](O)C[C@]3(C)[C@]2(C(=O)C(F)F)O1. The third-order valence-electron chi connectivity index (χ3n) is 9.19. The molecule has 9 heteroatoms. The first-order valence-electron chi connectivity index (χ1n) is 11.3. The summed E-state index contributed by atoms with van der Waals surface area (Å²) < 4.78 is 54.4. The van der Waals surface area contributed by atoms with E-state index in [1.807, 2.05) is 0 Å². The Labute approximate surface area is 198 Å². The number of ether oxygens (including phenoxy) is 2. The van der Waals surface area contributed by atoms with Crippen LogP contribution < -0.4 is 0 Å². The number of hydrogen-bond donors (Lipinski definition) is 1. The molecule has 0 unspecified atom stereocenters. The molecule has 0 aromatic rings. The molecule has 5 rings (SSSR count). The molecule has 0 radical (unpaired) electrons. The fourth-order valence-corrected chi connectivity index (χ4v) is 8.93. The first-order chi connectivity index (χ1) is 15.1. The molecule has 33 heavy (non-hydrogen) atoms. The predicted octanol–water partition coefficient (Wildman–Crippen LogP) is 4.07. The van der Waals surface area contributed by atoms with Gasteiger partial charge >= 0.3 is 0 Å². The van der Waals surface area contributed by atoms with E-state index in [2.05, 4.69) is 15.9 Å². The van der Waals surface area contributed by atoms with Gasteiger partial charge in [0.05, 0.1) is 16.5 Å². The second kappa shape index (κ2) is 6.80. The maximum atomic E-state index is 15.6. The highest BCUT2D eigenvalue weighted by Crippen LogP contribution is 2.73. The van der Waals surface area contributed by atoms with Crippen molar-refractivity contribution in [1.82, 2.24) is 0 Å². The van der Waals surface area contributed by atoms with Crippen LogP contribution in [0.1, 0.15) is 47.0 Å². The number of Topliss-reactive ketones (excluding diaryl/α,β-unsaturated/α-hetero) is 1. The third-order valence-corrected chi connectivity index (χ3v) is 11.1. The largest absolute Gasteiger partial charge is 0.392 e. The van der Waals surface area contributed by atoms with Gasteiger partial charge in [-0.2, -0.15) is 0 Å². The minimum Gasteiger partial charge on any atom is -0.392 e. The van der Waals surface area contributed by atoms with Crippen molar-refractivity contribution in [2.45, 2.75) is 87.5 Å². The Balaban J connectivity index is 1.67. The molecule has 182 valence electrons. The Morgan fingerprint density at radius 1 is 1.21 bits per heavy atom. The van der Waals surface area contributed by atoms with E-state index < -0.39 is 69.0 Å². The van der Waals surface area contributed by atoms with Gasteiger partial charge in [0, 0.05) is 10.8 Å². The highest BCUT2D eigenvalue weighted by Gasteiger charge is 2.80. The molecular weight excluding hydrogens is 505 g/mol.